The number of benzene rings is 3. The van der Waals surface area contributed by atoms with Gasteiger partial charge in [0, 0.05) is 11.8 Å². The van der Waals surface area contributed by atoms with E-state index in [-0.39, 0.29) is 5.11 Å². The van der Waals surface area contributed by atoms with Gasteiger partial charge in [-0.15, -0.1) is 0 Å². The second-order valence-electron chi connectivity index (χ2n) is 7.16. The smallest absolute Gasteiger partial charge is 0.168 e. The molecule has 162 valence electrons. The molecular weight excluding hydrogens is 408 g/mol. The Morgan fingerprint density at radius 1 is 0.806 bits per heavy atom. The van der Waals surface area contributed by atoms with Crippen LogP contribution in [0.1, 0.15) is 36.5 Å². The van der Waals surface area contributed by atoms with Crippen molar-refractivity contribution in [1.82, 2.24) is 0 Å². The number of thiocarbonyl (C=S) groups is 1. The van der Waals surface area contributed by atoms with Crippen molar-refractivity contribution in [3.05, 3.63) is 90.0 Å². The fraction of sp³-hybridized carbons (Fsp3) is 0.240. The molecule has 0 aliphatic heterocycles. The Balaban J connectivity index is 1.35. The average molecular weight is 437 g/mol. The second kappa shape index (κ2) is 11.9. The number of hydrogen-bond donors (Lipinski definition) is 3. The van der Waals surface area contributed by atoms with Gasteiger partial charge in [0.1, 0.15) is 17.6 Å². The van der Waals surface area contributed by atoms with Crippen LogP contribution < -0.4 is 20.5 Å². The highest BCUT2D eigenvalue weighted by Crippen LogP contribution is 2.25. The summed E-state index contributed by atoms with van der Waals surface area (Å²) in [4.78, 5) is 0. The van der Waals surface area contributed by atoms with E-state index in [0.29, 0.717) is 13.2 Å². The van der Waals surface area contributed by atoms with Crippen molar-refractivity contribution >= 4 is 23.0 Å². The fourth-order valence-corrected chi connectivity index (χ4v) is 3.29. The number of rotatable bonds is 11. The summed E-state index contributed by atoms with van der Waals surface area (Å²) in [5.74, 6) is 1.55. The molecule has 0 saturated carbocycles. The maximum Gasteiger partial charge on any atom is 0.168 e. The number of hydrogen-bond acceptors (Lipinski definition) is 4. The Kier molecular flexibility index (Phi) is 8.70. The topological polar surface area (TPSA) is 76.7 Å². The molecule has 3 rings (SSSR count). The first-order valence-corrected chi connectivity index (χ1v) is 10.8. The third kappa shape index (κ3) is 7.59. The third-order valence-electron chi connectivity index (χ3n) is 4.72. The highest BCUT2D eigenvalue weighted by molar-refractivity contribution is 7.80. The Hall–Kier alpha value is -3.09. The van der Waals surface area contributed by atoms with E-state index in [1.165, 1.54) is 0 Å². The van der Waals surface area contributed by atoms with Crippen LogP contribution in [-0.4, -0.2) is 23.4 Å². The number of anilines is 1. The molecule has 4 N–H and O–H groups in total. The lowest BCUT2D eigenvalue weighted by atomic mass is 10.0. The average Bonchev–Trinajstić information content (AvgIpc) is 2.78. The number of unbranched alkanes of at least 4 members (excludes halogenated alkanes) is 2. The van der Waals surface area contributed by atoms with Gasteiger partial charge in [0.15, 0.2) is 5.11 Å². The molecule has 0 radical (unpaired) electrons. The van der Waals surface area contributed by atoms with Crippen LogP contribution in [0.5, 0.6) is 11.5 Å². The molecule has 1 unspecified atom stereocenters. The van der Waals surface area contributed by atoms with E-state index >= 15 is 0 Å². The third-order valence-corrected chi connectivity index (χ3v) is 4.82. The van der Waals surface area contributed by atoms with Gasteiger partial charge in [0.2, 0.25) is 0 Å². The van der Waals surface area contributed by atoms with Crippen molar-refractivity contribution in [3.8, 4) is 11.5 Å². The molecule has 0 heterocycles. The lowest BCUT2D eigenvalue weighted by Gasteiger charge is -2.13. The quantitative estimate of drug-likeness (QED) is 0.288. The summed E-state index contributed by atoms with van der Waals surface area (Å²) in [6, 6.07) is 24.8. The van der Waals surface area contributed by atoms with Crippen molar-refractivity contribution in [2.75, 3.05) is 18.5 Å². The van der Waals surface area contributed by atoms with E-state index in [0.717, 1.165) is 47.6 Å². The SMILES string of the molecule is NC(=S)Nc1cccc(OCCCCCOc2cccc(C(O)c3ccccc3)c2)c1. The summed E-state index contributed by atoms with van der Waals surface area (Å²) in [5.41, 5.74) is 8.00. The Morgan fingerprint density at radius 3 is 2.10 bits per heavy atom. The molecule has 0 aliphatic carbocycles. The number of ether oxygens (including phenoxy) is 2. The summed E-state index contributed by atoms with van der Waals surface area (Å²) in [6.07, 6.45) is 2.20. The molecule has 31 heavy (non-hydrogen) atoms. The van der Waals surface area contributed by atoms with Crippen LogP contribution in [-0.2, 0) is 0 Å². The van der Waals surface area contributed by atoms with Gasteiger partial charge in [-0.25, -0.2) is 0 Å². The molecule has 0 spiro atoms. The van der Waals surface area contributed by atoms with E-state index < -0.39 is 6.10 Å². The molecule has 3 aromatic carbocycles. The van der Waals surface area contributed by atoms with Crippen LogP contribution in [0.25, 0.3) is 0 Å². The number of nitrogens with two attached hydrogens (primary N) is 1. The summed E-state index contributed by atoms with van der Waals surface area (Å²) < 4.78 is 11.7. The number of aliphatic hydroxyl groups is 1. The van der Waals surface area contributed by atoms with Gasteiger partial charge in [0.05, 0.1) is 13.2 Å². The largest absolute Gasteiger partial charge is 0.494 e. The second-order valence-corrected chi connectivity index (χ2v) is 7.60. The molecule has 0 aromatic heterocycles. The molecule has 1 atom stereocenters. The molecule has 0 fully saturated rings. The van der Waals surface area contributed by atoms with Gasteiger partial charge in [-0.1, -0.05) is 48.5 Å². The minimum absolute atomic E-state index is 0.234. The summed E-state index contributed by atoms with van der Waals surface area (Å²) in [6.45, 7) is 1.26. The molecular formula is C25H28N2O3S. The van der Waals surface area contributed by atoms with Crippen molar-refractivity contribution in [3.63, 3.8) is 0 Å². The van der Waals surface area contributed by atoms with Crippen LogP contribution in [0.15, 0.2) is 78.9 Å². The molecule has 5 nitrogen and oxygen atoms in total. The maximum atomic E-state index is 10.6. The molecule has 0 bridgehead atoms. The number of aliphatic hydroxyl groups excluding tert-OH is 1. The molecule has 3 aromatic rings. The van der Waals surface area contributed by atoms with E-state index in [1.807, 2.05) is 78.9 Å². The van der Waals surface area contributed by atoms with Gasteiger partial charge < -0.3 is 25.6 Å². The first-order chi connectivity index (χ1) is 15.1. The number of nitrogens with one attached hydrogen (secondary N) is 1. The first-order valence-electron chi connectivity index (χ1n) is 10.4. The lowest BCUT2D eigenvalue weighted by Crippen LogP contribution is -2.18. The van der Waals surface area contributed by atoms with Crippen LogP contribution in [0.2, 0.25) is 0 Å². The molecule has 0 amide bonds. The molecule has 6 heteroatoms. The van der Waals surface area contributed by atoms with E-state index in [9.17, 15) is 5.11 Å². The first kappa shape index (κ1) is 22.6. The minimum Gasteiger partial charge on any atom is -0.494 e. The van der Waals surface area contributed by atoms with E-state index in [1.54, 1.807) is 0 Å². The van der Waals surface area contributed by atoms with Crippen molar-refractivity contribution < 1.29 is 14.6 Å². The van der Waals surface area contributed by atoms with Crippen molar-refractivity contribution in [1.29, 1.82) is 0 Å². The van der Waals surface area contributed by atoms with Gasteiger partial charge in [0.25, 0.3) is 0 Å². The normalized spacial score (nSPS) is 11.5. The van der Waals surface area contributed by atoms with E-state index in [2.05, 4.69) is 5.32 Å². The predicted molar refractivity (Wildman–Crippen MR) is 129 cm³/mol. The lowest BCUT2D eigenvalue weighted by molar-refractivity contribution is 0.219. The van der Waals surface area contributed by atoms with E-state index in [4.69, 9.17) is 27.4 Å². The van der Waals surface area contributed by atoms with Gasteiger partial charge >= 0.3 is 0 Å². The monoisotopic (exact) mass is 436 g/mol. The zero-order valence-electron chi connectivity index (χ0n) is 17.4. The minimum atomic E-state index is -0.656. The summed E-state index contributed by atoms with van der Waals surface area (Å²) in [7, 11) is 0. The van der Waals surface area contributed by atoms with Gasteiger partial charge in [-0.3, -0.25) is 0 Å². The van der Waals surface area contributed by atoms with Gasteiger partial charge in [-0.05, 0) is 66.9 Å². The Labute approximate surface area is 188 Å². The Morgan fingerprint density at radius 2 is 1.42 bits per heavy atom. The highest BCUT2D eigenvalue weighted by atomic mass is 32.1. The van der Waals surface area contributed by atoms with Gasteiger partial charge in [-0.2, -0.15) is 0 Å². The van der Waals surface area contributed by atoms with Crippen LogP contribution in [0, 0.1) is 0 Å². The highest BCUT2D eigenvalue weighted by Gasteiger charge is 2.10. The van der Waals surface area contributed by atoms with Crippen molar-refractivity contribution in [2.45, 2.75) is 25.4 Å². The zero-order chi connectivity index (χ0) is 21.9. The molecule has 0 aliphatic rings. The zero-order valence-corrected chi connectivity index (χ0v) is 18.2. The Bertz CT molecular complexity index is 966. The summed E-state index contributed by atoms with van der Waals surface area (Å²) in [5, 5.41) is 13.7. The maximum absolute atomic E-state index is 10.6. The summed E-state index contributed by atoms with van der Waals surface area (Å²) >= 11 is 4.85. The predicted octanol–water partition coefficient (Wildman–Crippen LogP) is 5.05. The van der Waals surface area contributed by atoms with Crippen LogP contribution >= 0.6 is 12.2 Å². The standard InChI is InChI=1S/C25H28N2O3S/c26-25(31)27-21-12-8-14-23(18-21)30-16-6-2-5-15-29-22-13-7-11-20(17-22)24(28)19-9-3-1-4-10-19/h1,3-4,7-14,17-18,24,28H,2,5-6,15-16H2,(H3,26,27,31). The van der Waals surface area contributed by atoms with Crippen LogP contribution in [0.4, 0.5) is 5.69 Å². The van der Waals surface area contributed by atoms with Crippen molar-refractivity contribution in [2.24, 2.45) is 5.73 Å². The fourth-order valence-electron chi connectivity index (χ4n) is 3.17. The van der Waals surface area contributed by atoms with Crippen LogP contribution in [0.3, 0.4) is 0 Å². The molecule has 0 saturated heterocycles.